The highest BCUT2D eigenvalue weighted by atomic mass is 16.5. The number of aliphatic hydroxyl groups excluding tert-OH is 2. The van der Waals surface area contributed by atoms with E-state index in [1.165, 1.54) is 31.2 Å². The van der Waals surface area contributed by atoms with Crippen LogP contribution < -0.4 is 5.32 Å². The van der Waals surface area contributed by atoms with Crippen molar-refractivity contribution in [2.75, 3.05) is 7.05 Å². The van der Waals surface area contributed by atoms with Crippen LogP contribution in [-0.4, -0.2) is 79.9 Å². The van der Waals surface area contributed by atoms with Gasteiger partial charge >= 0.3 is 5.97 Å². The highest BCUT2D eigenvalue weighted by Crippen LogP contribution is 2.80. The number of esters is 1. The molecular weight excluding hydrogens is 911 g/mol. The topological polar surface area (TPSA) is 157 Å². The Hall–Kier alpha value is -3.80. The van der Waals surface area contributed by atoms with E-state index in [1.807, 2.05) is 25.2 Å². The van der Waals surface area contributed by atoms with Gasteiger partial charge in [0.05, 0.1) is 29.3 Å². The van der Waals surface area contributed by atoms with Crippen molar-refractivity contribution in [3.63, 3.8) is 0 Å². The number of rotatable bonds is 7. The van der Waals surface area contributed by atoms with Gasteiger partial charge in [0.25, 0.3) is 0 Å². The van der Waals surface area contributed by atoms with Gasteiger partial charge in [0, 0.05) is 59.6 Å². The fourth-order valence-electron chi connectivity index (χ4n) is 21.2. The molecule has 0 aromatic heterocycles. The number of carbonyl (C=O) groups is 2. The van der Waals surface area contributed by atoms with Crippen LogP contribution in [0.25, 0.3) is 0 Å². The summed E-state index contributed by atoms with van der Waals surface area (Å²) >= 11 is 0. The molecule has 73 heavy (non-hydrogen) atoms. The number of ether oxygens (including phenoxy) is 1. The van der Waals surface area contributed by atoms with Gasteiger partial charge in [-0.3, -0.25) is 0 Å². The molecule has 14 rings (SSSR count). The van der Waals surface area contributed by atoms with E-state index in [0.29, 0.717) is 63.2 Å². The summed E-state index contributed by atoms with van der Waals surface area (Å²) in [5.74, 6) is 12.8. The number of hydrogen-bond donors (Lipinski definition) is 6. The van der Waals surface area contributed by atoms with E-state index in [9.17, 15) is 25.2 Å². The van der Waals surface area contributed by atoms with Crippen molar-refractivity contribution in [2.24, 2.45) is 87.3 Å². The molecule has 11 aliphatic carbocycles. The molecule has 6 N–H and O–H groups in total. The maximum atomic E-state index is 15.4. The molecule has 1 heterocycles. The Bertz CT molecular complexity index is 2690. The standard InChI is InChI=1S/C64H79NO8/c1-38(40-14-6-7-15-40)42-21-22-52-58(69)59-25-23-44(31-59)43(26-39-12-4-3-5-13-39)18-11-19-45-32-60-24-9-8-16-41-17-10-20-46(35-66)49(41)29-53(65-2)50-28-47(55(60)51-30-54(68)73-56(50)51)33-63(60,71)62(70)34-48(27-42)64(52,72)61(36-59,37-67)57(45)62/h3-5,10,12-13,17,20,30,37-38,40,42-45,47-48,50,52-53,55-58,65-66,69-72H,6-7,9,14-15,18,21-29,31-36H2,1-2H3. The summed E-state index contributed by atoms with van der Waals surface area (Å²) in [5, 5.41) is 72.0. The highest BCUT2D eigenvalue weighted by Gasteiger charge is 2.86. The number of nitrogens with one attached hydrogen (secondary N) is 1. The van der Waals surface area contributed by atoms with E-state index in [-0.39, 0.29) is 73.4 Å². The third-order valence-corrected chi connectivity index (χ3v) is 24.1. The van der Waals surface area contributed by atoms with Crippen LogP contribution in [0.4, 0.5) is 0 Å². The molecule has 8 fully saturated rings. The van der Waals surface area contributed by atoms with Crippen molar-refractivity contribution in [3.8, 4) is 23.7 Å². The van der Waals surface area contributed by atoms with Gasteiger partial charge in [0.1, 0.15) is 18.0 Å². The SMILES string of the molecule is CNC1Cc2c(cccc2CO)C#CCCC23CC4C#CCC(Cc5ccccc5)C5CCC6(C5)CC5(C=O)C4C(O)(CC4CC(C(C)C7CCCC7)CCC(C6O)C45O)C2(O)CC2CC1C1OC(=O)C=C1C23. The van der Waals surface area contributed by atoms with Crippen molar-refractivity contribution in [3.05, 3.63) is 82.4 Å². The number of hydrogen-bond acceptors (Lipinski definition) is 9. The van der Waals surface area contributed by atoms with Gasteiger partial charge in [-0.25, -0.2) is 4.79 Å². The van der Waals surface area contributed by atoms with E-state index in [0.717, 1.165) is 60.7 Å². The number of aldehydes is 1. The third kappa shape index (κ3) is 6.76. The number of likely N-dealkylation sites (N-methyl/N-ethyl adjacent to an activating group) is 1. The first-order valence-electron chi connectivity index (χ1n) is 28.9. The molecule has 7 bridgehead atoms. The summed E-state index contributed by atoms with van der Waals surface area (Å²) in [7, 11) is 1.95. The minimum absolute atomic E-state index is 0.118. The van der Waals surface area contributed by atoms with E-state index in [2.05, 4.69) is 66.3 Å². The van der Waals surface area contributed by atoms with E-state index < -0.39 is 68.9 Å². The first-order chi connectivity index (χ1) is 35.3. The van der Waals surface area contributed by atoms with Gasteiger partial charge < -0.3 is 40.4 Å². The average molecular weight is 990 g/mol. The third-order valence-electron chi connectivity index (χ3n) is 24.1. The second-order valence-corrected chi connectivity index (χ2v) is 26.5. The minimum atomic E-state index is -1.86. The zero-order chi connectivity index (χ0) is 50.3. The molecule has 1 aliphatic heterocycles. The molecule has 0 amide bonds. The zero-order valence-electron chi connectivity index (χ0n) is 43.2. The molecule has 9 heteroatoms. The van der Waals surface area contributed by atoms with Gasteiger partial charge in [0.15, 0.2) is 0 Å². The summed E-state index contributed by atoms with van der Waals surface area (Å²) in [5.41, 5.74) is -3.58. The average Bonchev–Trinajstić information content (AvgIpc) is 4.19. The molecule has 20 unspecified atom stereocenters. The maximum Gasteiger partial charge on any atom is 0.331 e. The lowest BCUT2D eigenvalue weighted by atomic mass is 9.32. The summed E-state index contributed by atoms with van der Waals surface area (Å²) in [6.07, 6.45) is 15.4. The van der Waals surface area contributed by atoms with E-state index in [1.54, 1.807) is 6.08 Å². The van der Waals surface area contributed by atoms with E-state index in [4.69, 9.17) is 4.74 Å². The molecule has 388 valence electrons. The normalized spacial score (nSPS) is 47.4. The monoisotopic (exact) mass is 990 g/mol. The first-order valence-corrected chi connectivity index (χ1v) is 28.9. The molecule has 20 atom stereocenters. The lowest BCUT2D eigenvalue weighted by Gasteiger charge is -2.74. The number of aliphatic hydroxyl groups is 5. The Morgan fingerprint density at radius 3 is 2.51 bits per heavy atom. The number of carbonyl (C=O) groups excluding carboxylic acids is 2. The van der Waals surface area contributed by atoms with Crippen molar-refractivity contribution in [1.29, 1.82) is 0 Å². The van der Waals surface area contributed by atoms with Gasteiger partial charge in [0.2, 0.25) is 0 Å². The summed E-state index contributed by atoms with van der Waals surface area (Å²) in [6, 6.07) is 16.4. The lowest BCUT2D eigenvalue weighted by molar-refractivity contribution is -0.361. The van der Waals surface area contributed by atoms with Crippen molar-refractivity contribution in [2.45, 2.75) is 177 Å². The van der Waals surface area contributed by atoms with Gasteiger partial charge in [-0.05, 0) is 178 Å². The first kappa shape index (κ1) is 48.8. The Kier molecular flexibility index (Phi) is 11.8. The summed E-state index contributed by atoms with van der Waals surface area (Å²) in [6.45, 7) is 2.28. The molecule has 2 spiro atoms. The highest BCUT2D eigenvalue weighted by molar-refractivity contribution is 5.86. The zero-order valence-corrected chi connectivity index (χ0v) is 43.2. The number of fused-ring (bicyclic) bond motifs is 5. The molecule has 8 saturated carbocycles. The predicted octanol–water partition coefficient (Wildman–Crippen LogP) is 8.04. The molecule has 12 aliphatic rings. The fraction of sp³-hybridized carbons (Fsp3) is 0.688. The van der Waals surface area contributed by atoms with Crippen LogP contribution in [0, 0.1) is 111 Å². The Morgan fingerprint density at radius 2 is 1.73 bits per heavy atom. The number of benzene rings is 2. The summed E-state index contributed by atoms with van der Waals surface area (Å²) < 4.78 is 6.43. The van der Waals surface area contributed by atoms with Crippen LogP contribution in [0.3, 0.4) is 0 Å². The Balaban J connectivity index is 1.03. The quantitative estimate of drug-likeness (QED) is 0.0919. The predicted molar refractivity (Wildman–Crippen MR) is 277 cm³/mol. The molecule has 0 radical (unpaired) electrons. The lowest BCUT2D eigenvalue weighted by Crippen LogP contribution is -2.83. The van der Waals surface area contributed by atoms with Gasteiger partial charge in [-0.1, -0.05) is 92.8 Å². The maximum absolute atomic E-state index is 15.4. The second kappa shape index (κ2) is 17.6. The second-order valence-electron chi connectivity index (χ2n) is 26.5. The molecule has 2 aromatic rings. The smallest absolute Gasteiger partial charge is 0.331 e. The Morgan fingerprint density at radius 1 is 0.904 bits per heavy atom. The molecular formula is C64H79NO8. The van der Waals surface area contributed by atoms with Crippen molar-refractivity contribution >= 4 is 12.3 Å². The van der Waals surface area contributed by atoms with Crippen LogP contribution in [0.15, 0.2) is 60.2 Å². The van der Waals surface area contributed by atoms with Gasteiger partial charge in [-0.2, -0.15) is 0 Å². The van der Waals surface area contributed by atoms with Crippen LogP contribution in [0.2, 0.25) is 0 Å². The van der Waals surface area contributed by atoms with Crippen LogP contribution in [0.5, 0.6) is 0 Å². The molecule has 0 saturated heterocycles. The van der Waals surface area contributed by atoms with Crippen LogP contribution >= 0.6 is 0 Å². The van der Waals surface area contributed by atoms with Crippen molar-refractivity contribution in [1.82, 2.24) is 5.32 Å². The van der Waals surface area contributed by atoms with Crippen LogP contribution in [0.1, 0.15) is 145 Å². The Labute approximate surface area is 433 Å². The summed E-state index contributed by atoms with van der Waals surface area (Å²) in [4.78, 5) is 29.3. The molecule has 2 aromatic carbocycles. The molecule has 9 nitrogen and oxygen atoms in total. The van der Waals surface area contributed by atoms with E-state index >= 15 is 9.90 Å². The van der Waals surface area contributed by atoms with Crippen molar-refractivity contribution < 1.29 is 39.9 Å². The van der Waals surface area contributed by atoms with Crippen LogP contribution in [-0.2, 0) is 33.8 Å². The minimum Gasteiger partial charge on any atom is -0.454 e. The largest absolute Gasteiger partial charge is 0.454 e. The fourth-order valence-corrected chi connectivity index (χ4v) is 21.2. The van der Waals surface area contributed by atoms with Gasteiger partial charge in [-0.15, -0.1) is 5.92 Å².